The Kier molecular flexibility index (Phi) is 7.67. The van der Waals surface area contributed by atoms with E-state index in [1.165, 1.54) is 0 Å². The van der Waals surface area contributed by atoms with E-state index in [0.29, 0.717) is 6.54 Å². The largest absolute Gasteiger partial charge is 0.394 e. The molecule has 2 aliphatic rings. The molecule has 142 valence electrons. The molecule has 2 aliphatic heterocycles. The fraction of sp³-hybridized carbons (Fsp3) is 0.765. The standard InChI is InChI=1S/C17H30N4O4/c1-3-6-18-17(24)19-14-5-4-13(25-15(14)12-22)11-16(23)21-9-7-20(2)8-10-21/h4-5,13-15,22H,3,6-12H2,1-2H3,(H2,18,19,24)/t13-,14-,15-/m1/s1. The van der Waals surface area contributed by atoms with Crippen LogP contribution >= 0.6 is 0 Å². The van der Waals surface area contributed by atoms with Crippen molar-refractivity contribution in [2.24, 2.45) is 0 Å². The molecular formula is C17H30N4O4. The van der Waals surface area contributed by atoms with Gasteiger partial charge >= 0.3 is 6.03 Å². The highest BCUT2D eigenvalue weighted by Gasteiger charge is 2.30. The number of nitrogens with zero attached hydrogens (tertiary/aromatic N) is 2. The topological polar surface area (TPSA) is 94.1 Å². The number of carbonyl (C=O) groups is 2. The minimum Gasteiger partial charge on any atom is -0.394 e. The fourth-order valence-corrected chi connectivity index (χ4v) is 2.93. The summed E-state index contributed by atoms with van der Waals surface area (Å²) in [4.78, 5) is 28.2. The molecule has 2 heterocycles. The quantitative estimate of drug-likeness (QED) is 0.562. The molecule has 0 saturated carbocycles. The predicted octanol–water partition coefficient (Wildman–Crippen LogP) is -0.456. The average Bonchev–Trinajstić information content (AvgIpc) is 2.61. The van der Waals surface area contributed by atoms with Gasteiger partial charge < -0.3 is 30.3 Å². The van der Waals surface area contributed by atoms with Gasteiger partial charge in [-0.3, -0.25) is 4.79 Å². The highest BCUT2D eigenvalue weighted by molar-refractivity contribution is 5.77. The summed E-state index contributed by atoms with van der Waals surface area (Å²) in [6.07, 6.45) is 3.78. The van der Waals surface area contributed by atoms with Crippen molar-refractivity contribution < 1.29 is 19.4 Å². The Morgan fingerprint density at radius 2 is 1.96 bits per heavy atom. The highest BCUT2D eigenvalue weighted by Crippen LogP contribution is 2.17. The first-order chi connectivity index (χ1) is 12.0. The molecule has 0 aromatic heterocycles. The Bertz CT molecular complexity index is 477. The fourth-order valence-electron chi connectivity index (χ4n) is 2.93. The van der Waals surface area contributed by atoms with Gasteiger partial charge in [-0.25, -0.2) is 4.79 Å². The van der Waals surface area contributed by atoms with E-state index in [-0.39, 0.29) is 31.1 Å². The second-order valence-electron chi connectivity index (χ2n) is 6.59. The van der Waals surface area contributed by atoms with Crippen LogP contribution in [0.5, 0.6) is 0 Å². The maximum Gasteiger partial charge on any atom is 0.315 e. The molecule has 2 rings (SSSR count). The van der Waals surface area contributed by atoms with Crippen molar-refractivity contribution in [1.82, 2.24) is 20.4 Å². The van der Waals surface area contributed by atoms with Crippen LogP contribution < -0.4 is 10.6 Å². The molecule has 8 nitrogen and oxygen atoms in total. The monoisotopic (exact) mass is 354 g/mol. The molecular weight excluding hydrogens is 324 g/mol. The Balaban J connectivity index is 1.84. The van der Waals surface area contributed by atoms with Crippen LogP contribution in [0.15, 0.2) is 12.2 Å². The zero-order valence-corrected chi connectivity index (χ0v) is 15.1. The molecule has 0 unspecified atom stereocenters. The van der Waals surface area contributed by atoms with Crippen LogP contribution in [0.25, 0.3) is 0 Å². The summed E-state index contributed by atoms with van der Waals surface area (Å²) in [6.45, 7) is 5.57. The molecule has 0 aromatic rings. The summed E-state index contributed by atoms with van der Waals surface area (Å²) in [5.74, 6) is 0.0616. The Labute approximate surface area is 149 Å². The van der Waals surface area contributed by atoms with Gasteiger partial charge in [0.15, 0.2) is 0 Å². The molecule has 3 N–H and O–H groups in total. The van der Waals surface area contributed by atoms with E-state index in [2.05, 4.69) is 15.5 Å². The molecule has 0 radical (unpaired) electrons. The summed E-state index contributed by atoms with van der Waals surface area (Å²) in [5, 5.41) is 15.1. The smallest absolute Gasteiger partial charge is 0.315 e. The van der Waals surface area contributed by atoms with Crippen molar-refractivity contribution in [1.29, 1.82) is 0 Å². The predicted molar refractivity (Wildman–Crippen MR) is 94.2 cm³/mol. The number of rotatable bonds is 6. The van der Waals surface area contributed by atoms with Gasteiger partial charge in [-0.1, -0.05) is 19.1 Å². The minimum absolute atomic E-state index is 0.0616. The number of aliphatic hydroxyl groups excluding tert-OH is 1. The number of piperazine rings is 1. The van der Waals surface area contributed by atoms with Crippen LogP contribution in [-0.2, 0) is 9.53 Å². The number of urea groups is 1. The number of ether oxygens (including phenoxy) is 1. The first-order valence-corrected chi connectivity index (χ1v) is 8.98. The van der Waals surface area contributed by atoms with E-state index in [4.69, 9.17) is 4.74 Å². The summed E-state index contributed by atoms with van der Waals surface area (Å²) in [6, 6.07) is -0.692. The van der Waals surface area contributed by atoms with E-state index in [1.54, 1.807) is 12.2 Å². The van der Waals surface area contributed by atoms with Crippen molar-refractivity contribution in [2.75, 3.05) is 46.4 Å². The van der Waals surface area contributed by atoms with Crippen molar-refractivity contribution in [3.8, 4) is 0 Å². The number of hydrogen-bond donors (Lipinski definition) is 3. The maximum atomic E-state index is 12.4. The molecule has 3 amide bonds. The molecule has 0 bridgehead atoms. The summed E-state index contributed by atoms with van der Waals surface area (Å²) in [7, 11) is 2.05. The summed E-state index contributed by atoms with van der Waals surface area (Å²) < 4.78 is 5.80. The average molecular weight is 354 g/mol. The van der Waals surface area contributed by atoms with Crippen LogP contribution in [0.1, 0.15) is 19.8 Å². The SMILES string of the molecule is CCCNC(=O)N[C@@H]1C=C[C@H](CC(=O)N2CCN(C)CC2)O[C@@H]1CO. The third-order valence-corrected chi connectivity index (χ3v) is 4.53. The molecule has 1 saturated heterocycles. The molecule has 0 aliphatic carbocycles. The second-order valence-corrected chi connectivity index (χ2v) is 6.59. The number of carbonyl (C=O) groups excluding carboxylic acids is 2. The molecule has 8 heteroatoms. The molecule has 1 fully saturated rings. The van der Waals surface area contributed by atoms with Gasteiger partial charge in [0, 0.05) is 32.7 Å². The van der Waals surface area contributed by atoms with Crippen LogP contribution in [0.3, 0.4) is 0 Å². The Hall–Kier alpha value is -1.64. The molecule has 3 atom stereocenters. The lowest BCUT2D eigenvalue weighted by atomic mass is 10.0. The zero-order chi connectivity index (χ0) is 18.2. The van der Waals surface area contributed by atoms with Crippen LogP contribution in [-0.4, -0.2) is 91.5 Å². The lowest BCUT2D eigenvalue weighted by molar-refractivity contribution is -0.137. The normalized spacial score (nSPS) is 27.2. The van der Waals surface area contributed by atoms with Gasteiger partial charge in [-0.15, -0.1) is 0 Å². The zero-order valence-electron chi connectivity index (χ0n) is 15.1. The molecule has 25 heavy (non-hydrogen) atoms. The third kappa shape index (κ3) is 5.98. The number of hydrogen-bond acceptors (Lipinski definition) is 5. The van der Waals surface area contributed by atoms with Gasteiger partial charge in [0.1, 0.15) is 6.10 Å². The Morgan fingerprint density at radius 3 is 2.60 bits per heavy atom. The van der Waals surface area contributed by atoms with E-state index in [9.17, 15) is 14.7 Å². The summed E-state index contributed by atoms with van der Waals surface area (Å²) in [5.41, 5.74) is 0. The third-order valence-electron chi connectivity index (χ3n) is 4.53. The lowest BCUT2D eigenvalue weighted by Crippen LogP contribution is -2.52. The highest BCUT2D eigenvalue weighted by atomic mass is 16.5. The number of likely N-dealkylation sites (N-methyl/N-ethyl adjacent to an activating group) is 1. The van der Waals surface area contributed by atoms with Gasteiger partial charge in [0.2, 0.25) is 5.91 Å². The van der Waals surface area contributed by atoms with Gasteiger partial charge in [0.05, 0.1) is 25.2 Å². The second kappa shape index (κ2) is 9.74. The van der Waals surface area contributed by atoms with Gasteiger partial charge in [0.25, 0.3) is 0 Å². The summed E-state index contributed by atoms with van der Waals surface area (Å²) >= 11 is 0. The molecule has 0 aromatic carbocycles. The van der Waals surface area contributed by atoms with E-state index >= 15 is 0 Å². The number of amides is 3. The van der Waals surface area contributed by atoms with Crippen molar-refractivity contribution in [3.63, 3.8) is 0 Å². The number of nitrogens with one attached hydrogen (secondary N) is 2. The van der Waals surface area contributed by atoms with Crippen LogP contribution in [0.4, 0.5) is 4.79 Å². The maximum absolute atomic E-state index is 12.4. The first-order valence-electron chi connectivity index (χ1n) is 8.98. The molecule has 0 spiro atoms. The van der Waals surface area contributed by atoms with E-state index in [0.717, 1.165) is 32.6 Å². The minimum atomic E-state index is -0.553. The van der Waals surface area contributed by atoms with Crippen LogP contribution in [0.2, 0.25) is 0 Å². The van der Waals surface area contributed by atoms with E-state index < -0.39 is 12.1 Å². The Morgan fingerprint density at radius 1 is 1.24 bits per heavy atom. The van der Waals surface area contributed by atoms with Crippen LogP contribution in [0, 0.1) is 0 Å². The number of aliphatic hydroxyl groups is 1. The van der Waals surface area contributed by atoms with Gasteiger partial charge in [-0.05, 0) is 13.5 Å². The van der Waals surface area contributed by atoms with Crippen molar-refractivity contribution >= 4 is 11.9 Å². The van der Waals surface area contributed by atoms with Crippen molar-refractivity contribution in [2.45, 2.75) is 38.0 Å². The van der Waals surface area contributed by atoms with Gasteiger partial charge in [-0.2, -0.15) is 0 Å². The van der Waals surface area contributed by atoms with E-state index in [1.807, 2.05) is 18.9 Å². The van der Waals surface area contributed by atoms with Crippen molar-refractivity contribution in [3.05, 3.63) is 12.2 Å². The first kappa shape index (κ1) is 19.7. The lowest BCUT2D eigenvalue weighted by Gasteiger charge is -2.35.